The lowest BCUT2D eigenvalue weighted by atomic mass is 10.2. The first kappa shape index (κ1) is 16.4. The number of esters is 1. The van der Waals surface area contributed by atoms with Crippen molar-refractivity contribution < 1.29 is 18.7 Å². The molecular weight excluding hydrogens is 324 g/mol. The van der Waals surface area contributed by atoms with E-state index in [1.807, 2.05) is 0 Å². The van der Waals surface area contributed by atoms with Crippen molar-refractivity contribution in [3.05, 3.63) is 58.4 Å². The highest BCUT2D eigenvalue weighted by Crippen LogP contribution is 2.28. The van der Waals surface area contributed by atoms with Gasteiger partial charge in [-0.25, -0.2) is 9.78 Å². The van der Waals surface area contributed by atoms with E-state index in [-0.39, 0.29) is 5.89 Å². The maximum atomic E-state index is 11.9. The Labute approximate surface area is 142 Å². The highest BCUT2D eigenvalue weighted by molar-refractivity contribution is 5.75. The third kappa shape index (κ3) is 3.72. The lowest BCUT2D eigenvalue weighted by Gasteiger charge is -2.08. The first-order chi connectivity index (χ1) is 12.1. The summed E-state index contributed by atoms with van der Waals surface area (Å²) in [7, 11) is 1.48. The summed E-state index contributed by atoms with van der Waals surface area (Å²) >= 11 is 0. The van der Waals surface area contributed by atoms with E-state index in [0.29, 0.717) is 22.5 Å². The van der Waals surface area contributed by atoms with Crippen molar-refractivity contribution in [2.45, 2.75) is 6.92 Å². The minimum atomic E-state index is -0.500. The number of aromatic nitrogens is 2. The van der Waals surface area contributed by atoms with Gasteiger partial charge in [-0.15, -0.1) is 0 Å². The van der Waals surface area contributed by atoms with Crippen LogP contribution in [0, 0.1) is 0 Å². The van der Waals surface area contributed by atoms with Crippen molar-refractivity contribution in [2.75, 3.05) is 7.11 Å². The minimum absolute atomic E-state index is 0.138. The van der Waals surface area contributed by atoms with Crippen LogP contribution in [-0.4, -0.2) is 23.0 Å². The predicted molar refractivity (Wildman–Crippen MR) is 91.3 cm³/mol. The van der Waals surface area contributed by atoms with Crippen molar-refractivity contribution in [1.29, 1.82) is 0 Å². The third-order valence-corrected chi connectivity index (χ3v) is 3.28. The van der Waals surface area contributed by atoms with E-state index < -0.39 is 11.6 Å². The van der Waals surface area contributed by atoms with Gasteiger partial charge < -0.3 is 13.9 Å². The first-order valence-corrected chi connectivity index (χ1v) is 7.37. The van der Waals surface area contributed by atoms with Gasteiger partial charge in [0.15, 0.2) is 17.1 Å². The third-order valence-electron chi connectivity index (χ3n) is 3.28. The summed E-state index contributed by atoms with van der Waals surface area (Å²) in [6.45, 7) is 1.31. The second-order valence-corrected chi connectivity index (χ2v) is 5.05. The molecule has 0 N–H and O–H groups in total. The summed E-state index contributed by atoms with van der Waals surface area (Å²) in [5.41, 5.74) is 0.569. The van der Waals surface area contributed by atoms with Crippen LogP contribution in [0.2, 0.25) is 0 Å². The predicted octanol–water partition coefficient (Wildman–Crippen LogP) is 2.69. The Morgan fingerprint density at radius 3 is 2.80 bits per heavy atom. The quantitative estimate of drug-likeness (QED) is 0.533. The van der Waals surface area contributed by atoms with Gasteiger partial charge in [-0.2, -0.15) is 4.98 Å². The molecule has 0 aliphatic carbocycles. The van der Waals surface area contributed by atoms with Crippen LogP contribution in [0.25, 0.3) is 23.2 Å². The van der Waals surface area contributed by atoms with Crippen LogP contribution in [0.5, 0.6) is 11.5 Å². The summed E-state index contributed by atoms with van der Waals surface area (Å²) in [6.07, 6.45) is 4.80. The van der Waals surface area contributed by atoms with Crippen LogP contribution < -0.4 is 15.1 Å². The molecule has 0 spiro atoms. The van der Waals surface area contributed by atoms with E-state index >= 15 is 0 Å². The van der Waals surface area contributed by atoms with Gasteiger partial charge in [-0.05, 0) is 35.9 Å². The summed E-state index contributed by atoms with van der Waals surface area (Å²) < 4.78 is 15.4. The van der Waals surface area contributed by atoms with Crippen LogP contribution >= 0.6 is 0 Å². The minimum Gasteiger partial charge on any atom is -0.493 e. The fourth-order valence-corrected chi connectivity index (χ4v) is 2.19. The fraction of sp³-hybridized carbons (Fsp3) is 0.111. The van der Waals surface area contributed by atoms with E-state index in [9.17, 15) is 9.59 Å². The number of methoxy groups -OCH3 is 1. The molecule has 2 aromatic heterocycles. The van der Waals surface area contributed by atoms with E-state index in [1.165, 1.54) is 14.0 Å². The Kier molecular flexibility index (Phi) is 4.56. The lowest BCUT2D eigenvalue weighted by Crippen LogP contribution is -2.03. The number of rotatable bonds is 4. The molecule has 0 aliphatic rings. The molecule has 7 heteroatoms. The molecule has 0 radical (unpaired) electrons. The molecule has 0 amide bonds. The number of ether oxygens (including phenoxy) is 2. The van der Waals surface area contributed by atoms with E-state index in [4.69, 9.17) is 13.9 Å². The van der Waals surface area contributed by atoms with Gasteiger partial charge in [-0.1, -0.05) is 6.07 Å². The monoisotopic (exact) mass is 338 g/mol. The molecule has 25 heavy (non-hydrogen) atoms. The first-order valence-electron chi connectivity index (χ1n) is 7.37. The number of pyridine rings is 1. The van der Waals surface area contributed by atoms with Crippen molar-refractivity contribution in [3.8, 4) is 11.5 Å². The van der Waals surface area contributed by atoms with Crippen LogP contribution in [0.15, 0.2) is 45.7 Å². The zero-order chi connectivity index (χ0) is 17.8. The Bertz CT molecular complexity index is 1020. The normalized spacial score (nSPS) is 11.0. The number of hydrogen-bond donors (Lipinski definition) is 0. The van der Waals surface area contributed by atoms with E-state index in [2.05, 4.69) is 9.97 Å². The maximum absolute atomic E-state index is 11.9. The average Bonchev–Trinajstić information content (AvgIpc) is 2.60. The largest absolute Gasteiger partial charge is 0.493 e. The Morgan fingerprint density at radius 1 is 1.20 bits per heavy atom. The molecule has 7 nitrogen and oxygen atoms in total. The number of benzene rings is 1. The standard InChI is InChI=1S/C18H14N2O5/c1-11(21)24-14-7-5-12(10-15(14)23-2)6-8-16-20-17-13(18(22)25-16)4-3-9-19-17/h3-10H,1-2H3/b8-6+. The number of nitrogens with zero attached hydrogens (tertiary/aromatic N) is 2. The highest BCUT2D eigenvalue weighted by Gasteiger charge is 2.08. The SMILES string of the molecule is COc1cc(/C=C/c2nc3ncccc3c(=O)o2)ccc1OC(C)=O. The summed E-state index contributed by atoms with van der Waals surface area (Å²) in [5.74, 6) is 0.439. The Balaban J connectivity index is 1.91. The molecule has 0 unspecified atom stereocenters. The molecule has 0 atom stereocenters. The number of hydrogen-bond acceptors (Lipinski definition) is 7. The number of carbonyl (C=O) groups excluding carboxylic acids is 1. The van der Waals surface area contributed by atoms with Gasteiger partial charge in [0.2, 0.25) is 5.89 Å². The number of fused-ring (bicyclic) bond motifs is 1. The maximum Gasteiger partial charge on any atom is 0.348 e. The zero-order valence-electron chi connectivity index (χ0n) is 13.6. The van der Waals surface area contributed by atoms with E-state index in [0.717, 1.165) is 5.56 Å². The van der Waals surface area contributed by atoms with Gasteiger partial charge in [0.1, 0.15) is 5.39 Å². The lowest BCUT2D eigenvalue weighted by molar-refractivity contribution is -0.132. The van der Waals surface area contributed by atoms with Gasteiger partial charge in [0, 0.05) is 19.2 Å². The Hall–Kier alpha value is -3.48. The summed E-state index contributed by atoms with van der Waals surface area (Å²) in [5, 5.41) is 0.326. The molecule has 0 aliphatic heterocycles. The van der Waals surface area contributed by atoms with Gasteiger partial charge in [-0.3, -0.25) is 4.79 Å². The van der Waals surface area contributed by atoms with Crippen molar-refractivity contribution in [1.82, 2.24) is 9.97 Å². The molecule has 0 saturated heterocycles. The molecular formula is C18H14N2O5. The Morgan fingerprint density at radius 2 is 2.04 bits per heavy atom. The van der Waals surface area contributed by atoms with Gasteiger partial charge in [0.25, 0.3) is 0 Å². The molecule has 0 fully saturated rings. The fourth-order valence-electron chi connectivity index (χ4n) is 2.19. The van der Waals surface area contributed by atoms with Crippen LogP contribution in [-0.2, 0) is 4.79 Å². The zero-order valence-corrected chi connectivity index (χ0v) is 13.6. The molecule has 3 rings (SSSR count). The van der Waals surface area contributed by atoms with Gasteiger partial charge in [0.05, 0.1) is 7.11 Å². The number of carbonyl (C=O) groups is 1. The topological polar surface area (TPSA) is 91.5 Å². The molecule has 1 aromatic carbocycles. The van der Waals surface area contributed by atoms with Crippen LogP contribution in [0.3, 0.4) is 0 Å². The van der Waals surface area contributed by atoms with Crippen LogP contribution in [0.1, 0.15) is 18.4 Å². The summed E-state index contributed by atoms with van der Waals surface area (Å²) in [4.78, 5) is 31.2. The molecule has 2 heterocycles. The summed E-state index contributed by atoms with van der Waals surface area (Å²) in [6, 6.07) is 8.28. The molecule has 0 bridgehead atoms. The molecule has 0 saturated carbocycles. The second kappa shape index (κ2) is 6.96. The van der Waals surface area contributed by atoms with Crippen molar-refractivity contribution >= 4 is 29.2 Å². The highest BCUT2D eigenvalue weighted by atomic mass is 16.6. The van der Waals surface area contributed by atoms with Crippen molar-refractivity contribution in [2.24, 2.45) is 0 Å². The van der Waals surface area contributed by atoms with Gasteiger partial charge >= 0.3 is 11.6 Å². The second-order valence-electron chi connectivity index (χ2n) is 5.05. The van der Waals surface area contributed by atoms with Crippen LogP contribution in [0.4, 0.5) is 0 Å². The average molecular weight is 338 g/mol. The molecule has 126 valence electrons. The molecule has 3 aromatic rings. The smallest absolute Gasteiger partial charge is 0.348 e. The van der Waals surface area contributed by atoms with E-state index in [1.54, 1.807) is 48.7 Å². The van der Waals surface area contributed by atoms with Crippen molar-refractivity contribution in [3.63, 3.8) is 0 Å².